The molecule has 1 aromatic rings. The minimum Gasteiger partial charge on any atom is -0.480 e. The Morgan fingerprint density at radius 3 is 2.50 bits per heavy atom. The molecule has 9 heteroatoms. The lowest BCUT2D eigenvalue weighted by atomic mass is 10.0. The fraction of sp³-hybridized carbons (Fsp3) is 0.333. The Morgan fingerprint density at radius 1 is 1.25 bits per heavy atom. The maximum absolute atomic E-state index is 13.7. The normalized spacial score (nSPS) is 12.6. The second kappa shape index (κ2) is 9.23. The number of nitrogens with one attached hydrogen (secondary N) is 3. The fourth-order valence-corrected chi connectivity index (χ4v) is 1.89. The van der Waals surface area contributed by atoms with E-state index in [0.29, 0.717) is 6.41 Å². The molecule has 0 aliphatic rings. The van der Waals surface area contributed by atoms with Crippen molar-refractivity contribution >= 4 is 24.2 Å². The van der Waals surface area contributed by atoms with Gasteiger partial charge in [-0.05, 0) is 18.6 Å². The Bertz CT molecular complexity index is 623. The van der Waals surface area contributed by atoms with Crippen molar-refractivity contribution in [3.05, 3.63) is 35.6 Å². The maximum atomic E-state index is 13.7. The van der Waals surface area contributed by atoms with E-state index in [4.69, 9.17) is 5.11 Å². The molecular weight excluding hydrogens is 321 g/mol. The van der Waals surface area contributed by atoms with Crippen LogP contribution in [0.3, 0.4) is 0 Å². The van der Waals surface area contributed by atoms with Gasteiger partial charge in [0.25, 0.3) is 0 Å². The maximum Gasteiger partial charge on any atom is 0.322 e. The van der Waals surface area contributed by atoms with Gasteiger partial charge in [-0.25, -0.2) is 4.39 Å². The predicted molar refractivity (Wildman–Crippen MR) is 81.3 cm³/mol. The van der Waals surface area contributed by atoms with E-state index in [-0.39, 0.29) is 12.0 Å². The van der Waals surface area contributed by atoms with Crippen molar-refractivity contribution in [2.45, 2.75) is 25.4 Å². The van der Waals surface area contributed by atoms with Crippen molar-refractivity contribution in [2.24, 2.45) is 0 Å². The van der Waals surface area contributed by atoms with Gasteiger partial charge < -0.3 is 21.1 Å². The number of carboxylic acid groups (broad SMARTS) is 1. The fourth-order valence-electron chi connectivity index (χ4n) is 1.89. The number of halogens is 1. The average Bonchev–Trinajstić information content (AvgIpc) is 2.53. The van der Waals surface area contributed by atoms with Crippen LogP contribution >= 0.6 is 0 Å². The Kier molecular flexibility index (Phi) is 7.34. The van der Waals surface area contributed by atoms with Crippen LogP contribution in [0.15, 0.2) is 24.3 Å². The topological polar surface area (TPSA) is 125 Å². The summed E-state index contributed by atoms with van der Waals surface area (Å²) in [4.78, 5) is 44.8. The van der Waals surface area contributed by atoms with Crippen LogP contribution in [0.4, 0.5) is 4.39 Å². The second-order valence-electron chi connectivity index (χ2n) is 4.97. The molecule has 130 valence electrons. The Morgan fingerprint density at radius 2 is 1.92 bits per heavy atom. The quantitative estimate of drug-likeness (QED) is 0.438. The Labute approximate surface area is 137 Å². The van der Waals surface area contributed by atoms with Crippen molar-refractivity contribution < 1.29 is 28.7 Å². The molecule has 4 N–H and O–H groups in total. The van der Waals surface area contributed by atoms with E-state index in [2.05, 4.69) is 16.0 Å². The first-order valence-corrected chi connectivity index (χ1v) is 7.08. The summed E-state index contributed by atoms with van der Waals surface area (Å²) in [6.07, 6.45) is 0.209. The summed E-state index contributed by atoms with van der Waals surface area (Å²) in [6, 6.07) is 3.70. The first-order chi connectivity index (χ1) is 11.3. The molecule has 0 aliphatic carbocycles. The number of hydrogen-bond acceptors (Lipinski definition) is 4. The van der Waals surface area contributed by atoms with Gasteiger partial charge in [0.15, 0.2) is 0 Å². The van der Waals surface area contributed by atoms with Gasteiger partial charge in [-0.1, -0.05) is 18.2 Å². The molecule has 0 bridgehead atoms. The van der Waals surface area contributed by atoms with Crippen LogP contribution in [0.1, 0.15) is 12.5 Å². The van der Waals surface area contributed by atoms with Gasteiger partial charge in [0.2, 0.25) is 18.2 Å². The lowest BCUT2D eigenvalue weighted by Gasteiger charge is -2.19. The molecule has 0 spiro atoms. The summed E-state index contributed by atoms with van der Waals surface area (Å²) in [5, 5.41) is 15.2. The molecule has 2 atom stereocenters. The monoisotopic (exact) mass is 339 g/mol. The molecule has 1 aromatic carbocycles. The van der Waals surface area contributed by atoms with Crippen LogP contribution in [0.5, 0.6) is 0 Å². The van der Waals surface area contributed by atoms with E-state index >= 15 is 0 Å². The van der Waals surface area contributed by atoms with Gasteiger partial charge in [-0.15, -0.1) is 0 Å². The highest BCUT2D eigenvalue weighted by molar-refractivity contribution is 5.91. The van der Waals surface area contributed by atoms with E-state index in [1.54, 1.807) is 6.07 Å². The van der Waals surface area contributed by atoms with Crippen LogP contribution in [0.2, 0.25) is 0 Å². The largest absolute Gasteiger partial charge is 0.480 e. The van der Waals surface area contributed by atoms with Gasteiger partial charge in [-0.2, -0.15) is 0 Å². The van der Waals surface area contributed by atoms with Crippen LogP contribution in [-0.4, -0.2) is 47.9 Å². The zero-order valence-corrected chi connectivity index (χ0v) is 12.9. The minimum absolute atomic E-state index is 0.0965. The molecule has 0 unspecified atom stereocenters. The molecule has 0 heterocycles. The highest BCUT2D eigenvalue weighted by Crippen LogP contribution is 2.09. The molecule has 0 saturated carbocycles. The molecule has 3 amide bonds. The summed E-state index contributed by atoms with van der Waals surface area (Å²) in [6.45, 7) is 0.778. The van der Waals surface area contributed by atoms with E-state index in [9.17, 15) is 23.6 Å². The molecule has 0 fully saturated rings. The molecule has 1 rings (SSSR count). The van der Waals surface area contributed by atoms with Crippen LogP contribution in [0, 0.1) is 5.82 Å². The lowest BCUT2D eigenvalue weighted by molar-refractivity contribution is -0.138. The zero-order chi connectivity index (χ0) is 18.1. The van der Waals surface area contributed by atoms with Crippen LogP contribution in [0.25, 0.3) is 0 Å². The first-order valence-electron chi connectivity index (χ1n) is 7.08. The van der Waals surface area contributed by atoms with Crippen LogP contribution < -0.4 is 16.0 Å². The van der Waals surface area contributed by atoms with E-state index in [1.807, 2.05) is 0 Å². The summed E-state index contributed by atoms with van der Waals surface area (Å²) >= 11 is 0. The number of amides is 3. The average molecular weight is 339 g/mol. The third kappa shape index (κ3) is 6.03. The van der Waals surface area contributed by atoms with Gasteiger partial charge in [0, 0.05) is 6.42 Å². The van der Waals surface area contributed by atoms with Crippen LogP contribution in [-0.2, 0) is 25.6 Å². The highest BCUT2D eigenvalue weighted by Gasteiger charge is 2.23. The second-order valence-corrected chi connectivity index (χ2v) is 4.97. The number of hydrogen-bond donors (Lipinski definition) is 4. The molecule has 0 aliphatic heterocycles. The van der Waals surface area contributed by atoms with Crippen molar-refractivity contribution in [2.75, 3.05) is 6.54 Å². The molecule has 0 aromatic heterocycles. The highest BCUT2D eigenvalue weighted by atomic mass is 19.1. The summed E-state index contributed by atoms with van der Waals surface area (Å²) in [7, 11) is 0. The third-order valence-electron chi connectivity index (χ3n) is 3.13. The summed E-state index contributed by atoms with van der Waals surface area (Å²) in [5.74, 6) is -3.12. The zero-order valence-electron chi connectivity index (χ0n) is 12.9. The number of carbonyl (C=O) groups excluding carboxylic acids is 3. The van der Waals surface area contributed by atoms with Crippen molar-refractivity contribution in [3.63, 3.8) is 0 Å². The van der Waals surface area contributed by atoms with Gasteiger partial charge >= 0.3 is 5.97 Å². The Hall–Kier alpha value is -2.97. The van der Waals surface area contributed by atoms with Crippen molar-refractivity contribution in [1.82, 2.24) is 16.0 Å². The van der Waals surface area contributed by atoms with Crippen molar-refractivity contribution in [1.29, 1.82) is 0 Å². The number of carbonyl (C=O) groups is 4. The SMILES string of the molecule is C[C@@H](NC(=O)[C@H](Cc1ccccc1F)NC=O)C(=O)NCC(=O)O. The minimum atomic E-state index is -1.22. The van der Waals surface area contributed by atoms with Crippen molar-refractivity contribution in [3.8, 4) is 0 Å². The molecule has 24 heavy (non-hydrogen) atoms. The smallest absolute Gasteiger partial charge is 0.322 e. The Balaban J connectivity index is 2.69. The van der Waals surface area contributed by atoms with E-state index < -0.39 is 42.2 Å². The summed E-state index contributed by atoms with van der Waals surface area (Å²) in [5.41, 5.74) is 0.231. The van der Waals surface area contributed by atoms with E-state index in [0.717, 1.165) is 0 Å². The molecular formula is C15H18FN3O5. The first kappa shape index (κ1) is 19.1. The standard InChI is InChI=1S/C15H18FN3O5/c1-9(14(23)17-7-13(21)22)19-15(24)12(18-8-20)6-10-4-2-3-5-11(10)16/h2-5,8-9,12H,6-7H2,1H3,(H,17,23)(H,18,20)(H,19,24)(H,21,22)/t9-,12+/m1/s1. The third-order valence-corrected chi connectivity index (χ3v) is 3.13. The number of aliphatic carboxylic acids is 1. The number of rotatable bonds is 9. The number of carboxylic acids is 1. The molecule has 0 saturated heterocycles. The summed E-state index contributed by atoms with van der Waals surface area (Å²) < 4.78 is 13.7. The van der Waals surface area contributed by atoms with Gasteiger partial charge in [0.05, 0.1) is 0 Å². The van der Waals surface area contributed by atoms with Gasteiger partial charge in [-0.3, -0.25) is 19.2 Å². The molecule has 8 nitrogen and oxygen atoms in total. The predicted octanol–water partition coefficient (Wildman–Crippen LogP) is -0.812. The molecule has 0 radical (unpaired) electrons. The lowest BCUT2D eigenvalue weighted by Crippen LogP contribution is -2.52. The number of benzene rings is 1. The van der Waals surface area contributed by atoms with Gasteiger partial charge in [0.1, 0.15) is 24.4 Å². The van der Waals surface area contributed by atoms with E-state index in [1.165, 1.54) is 25.1 Å².